The van der Waals surface area contributed by atoms with Crippen LogP contribution in [-0.4, -0.2) is 61.5 Å². The predicted molar refractivity (Wildman–Crippen MR) is 69.0 cm³/mol. The van der Waals surface area contributed by atoms with E-state index in [1.165, 1.54) is 38.8 Å². The Morgan fingerprint density at radius 2 is 1.59 bits per heavy atom. The molecule has 2 rings (SSSR count). The van der Waals surface area contributed by atoms with E-state index in [0.717, 1.165) is 32.7 Å². The Morgan fingerprint density at radius 3 is 2.24 bits per heavy atom. The highest BCUT2D eigenvalue weighted by Crippen LogP contribution is 2.10. The molecular formula is C13H25N3O. The van der Waals surface area contributed by atoms with Crippen LogP contribution in [0.25, 0.3) is 0 Å². The number of hydrogen-bond acceptors (Lipinski definition) is 3. The monoisotopic (exact) mass is 239 g/mol. The van der Waals surface area contributed by atoms with Gasteiger partial charge in [0.05, 0.1) is 0 Å². The highest BCUT2D eigenvalue weighted by molar-refractivity contribution is 5.76. The third-order valence-electron chi connectivity index (χ3n) is 3.81. The van der Waals surface area contributed by atoms with E-state index in [-0.39, 0.29) is 0 Å². The van der Waals surface area contributed by atoms with Crippen LogP contribution in [-0.2, 0) is 4.79 Å². The van der Waals surface area contributed by atoms with E-state index in [1.54, 1.807) is 0 Å². The lowest BCUT2D eigenvalue weighted by molar-refractivity contribution is -0.132. The van der Waals surface area contributed by atoms with E-state index in [2.05, 4.69) is 10.2 Å². The first-order chi connectivity index (χ1) is 8.36. The minimum Gasteiger partial charge on any atom is -0.340 e. The van der Waals surface area contributed by atoms with Crippen molar-refractivity contribution < 1.29 is 4.79 Å². The molecule has 1 amide bonds. The smallest absolute Gasteiger partial charge is 0.223 e. The van der Waals surface area contributed by atoms with Crippen LogP contribution in [0, 0.1) is 0 Å². The zero-order valence-electron chi connectivity index (χ0n) is 10.8. The summed E-state index contributed by atoms with van der Waals surface area (Å²) in [7, 11) is 0. The average molecular weight is 239 g/mol. The molecule has 98 valence electrons. The number of carbonyl (C=O) groups excluding carboxylic acids is 1. The molecule has 0 aliphatic carbocycles. The van der Waals surface area contributed by atoms with Crippen molar-refractivity contribution in [2.75, 3.05) is 45.8 Å². The molecule has 0 saturated carbocycles. The van der Waals surface area contributed by atoms with Crippen molar-refractivity contribution in [3.63, 3.8) is 0 Å². The molecular weight excluding hydrogens is 214 g/mol. The fourth-order valence-electron chi connectivity index (χ4n) is 2.69. The summed E-state index contributed by atoms with van der Waals surface area (Å²) in [5, 5.41) is 3.28. The number of amides is 1. The van der Waals surface area contributed by atoms with Crippen LogP contribution in [0.3, 0.4) is 0 Å². The van der Waals surface area contributed by atoms with Gasteiger partial charge in [0, 0.05) is 39.1 Å². The Morgan fingerprint density at radius 1 is 0.941 bits per heavy atom. The van der Waals surface area contributed by atoms with Crippen molar-refractivity contribution >= 4 is 5.91 Å². The van der Waals surface area contributed by atoms with Crippen molar-refractivity contribution in [1.29, 1.82) is 0 Å². The minimum atomic E-state index is 0.343. The molecule has 0 bridgehead atoms. The summed E-state index contributed by atoms with van der Waals surface area (Å²) < 4.78 is 0. The van der Waals surface area contributed by atoms with Gasteiger partial charge in [0.25, 0.3) is 0 Å². The molecule has 1 N–H and O–H groups in total. The van der Waals surface area contributed by atoms with Gasteiger partial charge in [-0.2, -0.15) is 0 Å². The van der Waals surface area contributed by atoms with Gasteiger partial charge in [-0.1, -0.05) is 12.8 Å². The topological polar surface area (TPSA) is 35.6 Å². The van der Waals surface area contributed by atoms with Crippen LogP contribution in [0.4, 0.5) is 0 Å². The highest BCUT2D eigenvalue weighted by atomic mass is 16.2. The molecule has 0 spiro atoms. The summed E-state index contributed by atoms with van der Waals surface area (Å²) in [5.74, 6) is 0.343. The molecule has 2 heterocycles. The van der Waals surface area contributed by atoms with Crippen molar-refractivity contribution in [2.24, 2.45) is 0 Å². The van der Waals surface area contributed by atoms with E-state index in [1.807, 2.05) is 4.90 Å². The molecule has 2 aliphatic heterocycles. The third-order valence-corrected chi connectivity index (χ3v) is 3.81. The number of rotatable bonds is 3. The van der Waals surface area contributed by atoms with Crippen molar-refractivity contribution in [2.45, 2.75) is 32.1 Å². The molecule has 0 aromatic carbocycles. The molecule has 0 unspecified atom stereocenters. The maximum absolute atomic E-state index is 12.0. The Kier molecular flexibility index (Phi) is 5.26. The fraction of sp³-hybridized carbons (Fsp3) is 0.923. The fourth-order valence-corrected chi connectivity index (χ4v) is 2.69. The summed E-state index contributed by atoms with van der Waals surface area (Å²) in [6.07, 6.45) is 6.05. The normalized spacial score (nSPS) is 23.4. The number of piperazine rings is 1. The van der Waals surface area contributed by atoms with Gasteiger partial charge in [0.2, 0.25) is 5.91 Å². The standard InChI is InChI=1S/C13H25N3O/c17-13(16-11-6-14-7-12-16)5-10-15-8-3-1-2-4-9-15/h14H,1-12H2. The van der Waals surface area contributed by atoms with E-state index in [4.69, 9.17) is 0 Å². The highest BCUT2D eigenvalue weighted by Gasteiger charge is 2.17. The lowest BCUT2D eigenvalue weighted by Gasteiger charge is -2.28. The summed E-state index contributed by atoms with van der Waals surface area (Å²) in [5.41, 5.74) is 0. The number of hydrogen-bond donors (Lipinski definition) is 1. The van der Waals surface area contributed by atoms with Gasteiger partial charge in [-0.15, -0.1) is 0 Å². The van der Waals surface area contributed by atoms with Crippen LogP contribution in [0.2, 0.25) is 0 Å². The summed E-state index contributed by atoms with van der Waals surface area (Å²) in [6.45, 7) is 7.02. The number of nitrogens with one attached hydrogen (secondary N) is 1. The zero-order chi connectivity index (χ0) is 11.9. The van der Waals surface area contributed by atoms with Crippen LogP contribution in [0.15, 0.2) is 0 Å². The molecule has 2 fully saturated rings. The lowest BCUT2D eigenvalue weighted by atomic mass is 10.2. The van der Waals surface area contributed by atoms with Gasteiger partial charge >= 0.3 is 0 Å². The summed E-state index contributed by atoms with van der Waals surface area (Å²) in [4.78, 5) is 16.5. The van der Waals surface area contributed by atoms with Crippen molar-refractivity contribution in [3.05, 3.63) is 0 Å². The quantitative estimate of drug-likeness (QED) is 0.787. The molecule has 0 aromatic heterocycles. The van der Waals surface area contributed by atoms with Crippen molar-refractivity contribution in [1.82, 2.24) is 15.1 Å². The first-order valence-corrected chi connectivity index (χ1v) is 7.07. The largest absolute Gasteiger partial charge is 0.340 e. The number of likely N-dealkylation sites (tertiary alicyclic amines) is 1. The lowest BCUT2D eigenvalue weighted by Crippen LogP contribution is -2.47. The SMILES string of the molecule is O=C(CCN1CCCCCC1)N1CCNCC1. The molecule has 4 nitrogen and oxygen atoms in total. The first kappa shape index (κ1) is 12.8. The van der Waals surface area contributed by atoms with Gasteiger partial charge in [-0.25, -0.2) is 0 Å². The molecule has 0 aromatic rings. The average Bonchev–Trinajstić information content (AvgIpc) is 2.65. The second-order valence-corrected chi connectivity index (χ2v) is 5.14. The molecule has 2 saturated heterocycles. The molecule has 0 atom stereocenters. The van der Waals surface area contributed by atoms with E-state index in [0.29, 0.717) is 12.3 Å². The second kappa shape index (κ2) is 6.97. The molecule has 0 radical (unpaired) electrons. The second-order valence-electron chi connectivity index (χ2n) is 5.14. The predicted octanol–water partition coefficient (Wildman–Crippen LogP) is 0.684. The summed E-state index contributed by atoms with van der Waals surface area (Å²) >= 11 is 0. The van der Waals surface area contributed by atoms with Gasteiger partial charge in [-0.3, -0.25) is 4.79 Å². The Bertz CT molecular complexity index is 231. The molecule has 2 aliphatic rings. The summed E-state index contributed by atoms with van der Waals surface area (Å²) in [6, 6.07) is 0. The Balaban J connectivity index is 1.67. The van der Waals surface area contributed by atoms with E-state index >= 15 is 0 Å². The number of carbonyl (C=O) groups is 1. The van der Waals surface area contributed by atoms with Crippen LogP contribution in [0.1, 0.15) is 32.1 Å². The first-order valence-electron chi connectivity index (χ1n) is 7.07. The van der Waals surface area contributed by atoms with Crippen LogP contribution in [0.5, 0.6) is 0 Å². The number of nitrogens with zero attached hydrogens (tertiary/aromatic N) is 2. The van der Waals surface area contributed by atoms with Gasteiger partial charge in [0.1, 0.15) is 0 Å². The molecule has 4 heteroatoms. The van der Waals surface area contributed by atoms with E-state index < -0.39 is 0 Å². The van der Waals surface area contributed by atoms with Crippen LogP contribution < -0.4 is 5.32 Å². The van der Waals surface area contributed by atoms with Gasteiger partial charge in [0.15, 0.2) is 0 Å². The van der Waals surface area contributed by atoms with Crippen molar-refractivity contribution in [3.8, 4) is 0 Å². The van der Waals surface area contributed by atoms with E-state index in [9.17, 15) is 4.79 Å². The maximum atomic E-state index is 12.0. The Labute approximate surface area is 104 Å². The molecule has 17 heavy (non-hydrogen) atoms. The van der Waals surface area contributed by atoms with Crippen LogP contribution >= 0.6 is 0 Å². The third kappa shape index (κ3) is 4.28. The minimum absolute atomic E-state index is 0.343. The maximum Gasteiger partial charge on any atom is 0.223 e. The van der Waals surface area contributed by atoms with Gasteiger partial charge < -0.3 is 15.1 Å². The van der Waals surface area contributed by atoms with Gasteiger partial charge in [-0.05, 0) is 25.9 Å². The Hall–Kier alpha value is -0.610. The zero-order valence-corrected chi connectivity index (χ0v) is 10.8.